The van der Waals surface area contributed by atoms with Crippen molar-refractivity contribution in [1.82, 2.24) is 4.90 Å². The van der Waals surface area contributed by atoms with E-state index in [1.807, 2.05) is 36.3 Å². The molecule has 4 nitrogen and oxygen atoms in total. The van der Waals surface area contributed by atoms with Crippen LogP contribution < -0.4 is 5.73 Å². The van der Waals surface area contributed by atoms with E-state index in [9.17, 15) is 9.59 Å². The molecule has 0 bridgehead atoms. The molecule has 19 heavy (non-hydrogen) atoms. The van der Waals surface area contributed by atoms with Crippen molar-refractivity contribution in [2.24, 2.45) is 5.73 Å². The van der Waals surface area contributed by atoms with E-state index in [2.05, 4.69) is 0 Å². The van der Waals surface area contributed by atoms with Crippen LogP contribution in [-0.2, 0) is 4.79 Å². The molecule has 2 amide bonds. The highest BCUT2D eigenvalue weighted by molar-refractivity contribution is 5.73. The molecule has 1 aliphatic rings. The van der Waals surface area contributed by atoms with Gasteiger partial charge < -0.3 is 10.6 Å². The molecule has 0 spiro atoms. The van der Waals surface area contributed by atoms with Crippen LogP contribution in [0.15, 0.2) is 36.4 Å². The number of hydrogen-bond donors (Lipinski definition) is 1. The Morgan fingerprint density at radius 1 is 1.37 bits per heavy atom. The fraction of sp³-hybridized carbons (Fsp3) is 0.400. The number of amides is 2. The van der Waals surface area contributed by atoms with Gasteiger partial charge >= 0.3 is 6.03 Å². The molecular weight excluding hydrogens is 240 g/mol. The Bertz CT molecular complexity index is 480. The van der Waals surface area contributed by atoms with Crippen molar-refractivity contribution in [1.29, 1.82) is 0 Å². The number of benzene rings is 1. The van der Waals surface area contributed by atoms with E-state index in [4.69, 9.17) is 5.73 Å². The van der Waals surface area contributed by atoms with Gasteiger partial charge in [-0.25, -0.2) is 9.59 Å². The molecule has 2 atom stereocenters. The van der Waals surface area contributed by atoms with E-state index < -0.39 is 6.03 Å². The van der Waals surface area contributed by atoms with Crippen LogP contribution in [0.1, 0.15) is 30.7 Å². The molecule has 1 aromatic carbocycles. The van der Waals surface area contributed by atoms with Crippen molar-refractivity contribution >= 4 is 12.0 Å². The van der Waals surface area contributed by atoms with Crippen molar-refractivity contribution in [3.8, 4) is 0 Å². The molecule has 1 saturated heterocycles. The average molecular weight is 258 g/mol. The fourth-order valence-electron chi connectivity index (χ4n) is 2.78. The summed E-state index contributed by atoms with van der Waals surface area (Å²) in [4.78, 5) is 24.0. The van der Waals surface area contributed by atoms with Crippen LogP contribution in [-0.4, -0.2) is 29.5 Å². The van der Waals surface area contributed by atoms with Crippen LogP contribution in [0, 0.1) is 0 Å². The molecule has 1 aliphatic heterocycles. The van der Waals surface area contributed by atoms with E-state index in [-0.39, 0.29) is 12.0 Å². The van der Waals surface area contributed by atoms with Crippen molar-refractivity contribution < 1.29 is 9.59 Å². The lowest BCUT2D eigenvalue weighted by Crippen LogP contribution is -2.48. The second-order valence-electron chi connectivity index (χ2n) is 4.82. The zero-order chi connectivity index (χ0) is 13.7. The summed E-state index contributed by atoms with van der Waals surface area (Å²) in [6.45, 7) is 0.663. The smallest absolute Gasteiger partial charge is 0.315 e. The molecule has 2 unspecified atom stereocenters. The first-order chi connectivity index (χ1) is 9.24. The summed E-state index contributed by atoms with van der Waals surface area (Å²) in [6.07, 6.45) is 4.37. The molecule has 4 heteroatoms. The molecule has 0 aliphatic carbocycles. The van der Waals surface area contributed by atoms with Gasteiger partial charge in [-0.1, -0.05) is 30.3 Å². The first kappa shape index (κ1) is 13.4. The highest BCUT2D eigenvalue weighted by Gasteiger charge is 2.31. The number of primary amides is 1. The minimum absolute atomic E-state index is 0.0462. The quantitative estimate of drug-likeness (QED) is 0.844. The summed E-state index contributed by atoms with van der Waals surface area (Å²) in [5, 5.41) is 0. The maximum absolute atomic E-state index is 11.5. The first-order valence-electron chi connectivity index (χ1n) is 6.56. The van der Waals surface area contributed by atoms with Crippen LogP contribution >= 0.6 is 0 Å². The summed E-state index contributed by atoms with van der Waals surface area (Å²) < 4.78 is 0. The number of carbonyl (C=O) groups excluding carboxylic acids is 2. The Labute approximate surface area is 112 Å². The Morgan fingerprint density at radius 3 is 2.74 bits per heavy atom. The SMILES string of the molecule is NC(=O)N1CCCCC1C(C=C=O)c1ccccc1. The number of likely N-dealkylation sites (tertiary alicyclic amines) is 1. The number of piperidine rings is 1. The minimum Gasteiger partial charge on any atom is -0.351 e. The predicted molar refractivity (Wildman–Crippen MR) is 73.4 cm³/mol. The van der Waals surface area contributed by atoms with Crippen molar-refractivity contribution in [2.75, 3.05) is 6.54 Å². The summed E-state index contributed by atoms with van der Waals surface area (Å²) >= 11 is 0. The lowest BCUT2D eigenvalue weighted by atomic mass is 9.85. The van der Waals surface area contributed by atoms with Gasteiger partial charge in [0.2, 0.25) is 0 Å². The van der Waals surface area contributed by atoms with Gasteiger partial charge in [0, 0.05) is 24.6 Å². The summed E-state index contributed by atoms with van der Waals surface area (Å²) in [5.41, 5.74) is 6.46. The van der Waals surface area contributed by atoms with Crippen LogP contribution in [0.4, 0.5) is 4.79 Å². The lowest BCUT2D eigenvalue weighted by molar-refractivity contribution is 0.152. The first-order valence-corrected chi connectivity index (χ1v) is 6.56. The zero-order valence-electron chi connectivity index (χ0n) is 10.8. The number of rotatable bonds is 3. The standard InChI is InChI=1S/C15H18N2O2/c16-15(19)17-10-5-4-8-14(17)13(9-11-18)12-6-2-1-3-7-12/h1-3,6-7,9,13-14H,4-5,8,10H2,(H2,16,19). The molecule has 2 rings (SSSR count). The number of hydrogen-bond acceptors (Lipinski definition) is 2. The van der Waals surface area contributed by atoms with Gasteiger partial charge in [-0.3, -0.25) is 0 Å². The van der Waals surface area contributed by atoms with Gasteiger partial charge in [0.15, 0.2) is 0 Å². The molecule has 1 heterocycles. The fourth-order valence-corrected chi connectivity index (χ4v) is 2.78. The molecular formula is C15H18N2O2. The van der Waals surface area contributed by atoms with Gasteiger partial charge in [-0.15, -0.1) is 0 Å². The Kier molecular flexibility index (Phi) is 4.37. The Hall–Kier alpha value is -2.06. The Balaban J connectivity index is 2.32. The summed E-state index contributed by atoms with van der Waals surface area (Å²) in [7, 11) is 0. The van der Waals surface area contributed by atoms with E-state index >= 15 is 0 Å². The molecule has 0 radical (unpaired) electrons. The van der Waals surface area contributed by atoms with Gasteiger partial charge in [0.1, 0.15) is 5.94 Å². The number of urea groups is 1. The molecule has 0 saturated carbocycles. The molecule has 1 fully saturated rings. The highest BCUT2D eigenvalue weighted by atomic mass is 16.2. The third-order valence-electron chi connectivity index (χ3n) is 3.68. The van der Waals surface area contributed by atoms with Crippen LogP contribution in [0.5, 0.6) is 0 Å². The summed E-state index contributed by atoms with van der Waals surface area (Å²) in [6, 6.07) is 9.26. The van der Waals surface area contributed by atoms with Crippen LogP contribution in [0.2, 0.25) is 0 Å². The number of nitrogens with two attached hydrogens (primary N) is 1. The maximum Gasteiger partial charge on any atom is 0.315 e. The van der Waals surface area contributed by atoms with Gasteiger partial charge in [0.05, 0.1) is 0 Å². The number of carbonyl (C=O) groups is 1. The van der Waals surface area contributed by atoms with E-state index in [0.29, 0.717) is 6.54 Å². The molecule has 100 valence electrons. The second kappa shape index (κ2) is 6.21. The van der Waals surface area contributed by atoms with Gasteiger partial charge in [-0.05, 0) is 24.8 Å². The van der Waals surface area contributed by atoms with Crippen LogP contribution in [0.25, 0.3) is 0 Å². The lowest BCUT2D eigenvalue weighted by Gasteiger charge is -2.38. The van der Waals surface area contributed by atoms with E-state index in [1.54, 1.807) is 4.90 Å². The van der Waals surface area contributed by atoms with Gasteiger partial charge in [0.25, 0.3) is 0 Å². The molecule has 2 N–H and O–H groups in total. The third kappa shape index (κ3) is 3.04. The Morgan fingerprint density at radius 2 is 2.11 bits per heavy atom. The predicted octanol–water partition coefficient (Wildman–Crippen LogP) is 2.09. The largest absolute Gasteiger partial charge is 0.351 e. The van der Waals surface area contributed by atoms with Crippen molar-refractivity contribution in [2.45, 2.75) is 31.2 Å². The third-order valence-corrected chi connectivity index (χ3v) is 3.68. The monoisotopic (exact) mass is 258 g/mol. The minimum atomic E-state index is -0.412. The topological polar surface area (TPSA) is 63.4 Å². The van der Waals surface area contributed by atoms with E-state index in [0.717, 1.165) is 24.8 Å². The van der Waals surface area contributed by atoms with Crippen molar-refractivity contribution in [3.63, 3.8) is 0 Å². The molecule has 0 aromatic heterocycles. The molecule has 1 aromatic rings. The summed E-state index contributed by atoms with van der Waals surface area (Å²) in [5.74, 6) is 1.74. The zero-order valence-corrected chi connectivity index (χ0v) is 10.8. The number of nitrogens with zero attached hydrogens (tertiary/aromatic N) is 1. The van der Waals surface area contributed by atoms with E-state index in [1.165, 1.54) is 6.08 Å². The normalized spacial score (nSPS) is 20.4. The maximum atomic E-state index is 11.5. The second-order valence-corrected chi connectivity index (χ2v) is 4.82. The highest BCUT2D eigenvalue weighted by Crippen LogP contribution is 2.30. The average Bonchev–Trinajstić information content (AvgIpc) is 2.45. The van der Waals surface area contributed by atoms with Gasteiger partial charge in [-0.2, -0.15) is 0 Å². The van der Waals surface area contributed by atoms with Crippen molar-refractivity contribution in [3.05, 3.63) is 42.0 Å². The van der Waals surface area contributed by atoms with Crippen LogP contribution in [0.3, 0.4) is 0 Å².